The van der Waals surface area contributed by atoms with Gasteiger partial charge in [0.05, 0.1) is 7.06 Å². The van der Waals surface area contributed by atoms with E-state index in [9.17, 15) is 0 Å². The second kappa shape index (κ2) is 5.95. The largest absolute Gasteiger partial charge is 0.307 e. The lowest BCUT2D eigenvalue weighted by atomic mass is 10.4. The van der Waals surface area contributed by atoms with Crippen LogP contribution < -0.4 is 0 Å². The lowest BCUT2D eigenvalue weighted by Gasteiger charge is -1.83. The predicted octanol–water partition coefficient (Wildman–Crippen LogP) is 2.11. The number of hydrogen-bond donors (Lipinski definition) is 1. The van der Waals surface area contributed by atoms with Crippen LogP contribution in [0.5, 0.6) is 0 Å². The summed E-state index contributed by atoms with van der Waals surface area (Å²) in [5.74, 6) is 0. The lowest BCUT2D eigenvalue weighted by molar-refractivity contribution is 1.29. The van der Waals surface area contributed by atoms with Gasteiger partial charge in [0.15, 0.2) is 0 Å². The smallest absolute Gasteiger partial charge is 0.0840 e. The number of nitrogens with zero attached hydrogens (tertiary/aromatic N) is 1. The molecular formula is C8H12N2. The summed E-state index contributed by atoms with van der Waals surface area (Å²) in [5.41, 5.74) is 0.530. The molecule has 0 aliphatic rings. The molecule has 10 heavy (non-hydrogen) atoms. The first kappa shape index (κ1) is 6.93. The lowest BCUT2D eigenvalue weighted by Crippen LogP contribution is -1.80. The van der Waals surface area contributed by atoms with Crippen molar-refractivity contribution in [3.8, 4) is 0 Å². The second-order valence-corrected chi connectivity index (χ2v) is 1.34. The van der Waals surface area contributed by atoms with E-state index in [2.05, 4.69) is 4.98 Å². The summed E-state index contributed by atoms with van der Waals surface area (Å²) in [6.07, 6.45) is 1.33. The van der Waals surface area contributed by atoms with Crippen molar-refractivity contribution < 1.29 is 1.37 Å². The fraction of sp³-hybridized carbons (Fsp3) is 0.250. The van der Waals surface area contributed by atoms with Crippen LogP contribution in [0.4, 0.5) is 0 Å². The van der Waals surface area contributed by atoms with Crippen LogP contribution in [0.1, 0.15) is 20.9 Å². The molecule has 0 bridgehead atoms. The molecule has 1 N–H and O–H groups in total. The van der Waals surface area contributed by atoms with Crippen LogP contribution in [0.2, 0.25) is 0 Å². The van der Waals surface area contributed by atoms with E-state index in [1.807, 2.05) is 13.8 Å². The molecule has 0 spiro atoms. The highest BCUT2D eigenvalue weighted by molar-refractivity contribution is 5.73. The molecule has 0 radical (unpaired) electrons. The van der Waals surface area contributed by atoms with Gasteiger partial charge in [-0.1, -0.05) is 19.9 Å². The first-order chi connectivity index (χ1) is 5.33. The first-order valence-corrected chi connectivity index (χ1v) is 3.27. The molecule has 0 aliphatic heterocycles. The summed E-state index contributed by atoms with van der Waals surface area (Å²) in [6, 6.07) is 4.97. The fourth-order valence-corrected chi connectivity index (χ4v) is 0.419. The average molecular weight is 138 g/mol. The Morgan fingerprint density at radius 1 is 1.60 bits per heavy atom. The predicted molar refractivity (Wildman–Crippen MR) is 43.5 cm³/mol. The van der Waals surface area contributed by atoms with E-state index < -0.39 is 0 Å². The topological polar surface area (TPSA) is 36.7 Å². The van der Waals surface area contributed by atoms with E-state index >= 15 is 0 Å². The van der Waals surface area contributed by atoms with Gasteiger partial charge < -0.3 is 5.41 Å². The number of aromatic nitrogens is 1. The minimum Gasteiger partial charge on any atom is -0.307 e. The monoisotopic (exact) mass is 138 g/mol. The van der Waals surface area contributed by atoms with Gasteiger partial charge in [-0.05, 0) is 12.1 Å². The van der Waals surface area contributed by atoms with Crippen molar-refractivity contribution in [3.63, 3.8) is 0 Å². The maximum atomic E-state index is 7.02. The van der Waals surface area contributed by atoms with Gasteiger partial charge in [0.25, 0.3) is 0 Å². The molecule has 0 saturated heterocycles. The SMILES string of the molecule is CC.[3H]c1cccc(C=N)n1. The number of pyridine rings is 1. The molecule has 1 aromatic heterocycles. The molecule has 0 amide bonds. The summed E-state index contributed by atoms with van der Waals surface area (Å²) < 4.78 is 7.02. The van der Waals surface area contributed by atoms with Gasteiger partial charge in [-0.25, -0.2) is 0 Å². The molecule has 1 rings (SSSR count). The Kier molecular flexibility index (Phi) is 4.12. The van der Waals surface area contributed by atoms with Crippen molar-refractivity contribution >= 4 is 6.21 Å². The molecule has 0 atom stereocenters. The minimum atomic E-state index is 0.205. The zero-order valence-corrected chi connectivity index (χ0v) is 6.26. The van der Waals surface area contributed by atoms with Gasteiger partial charge in [0.1, 0.15) is 0 Å². The van der Waals surface area contributed by atoms with Gasteiger partial charge >= 0.3 is 0 Å². The normalized spacial score (nSPS) is 8.80. The Bertz CT molecular complexity index is 223. The third kappa shape index (κ3) is 2.97. The van der Waals surface area contributed by atoms with Crippen molar-refractivity contribution in [2.75, 3.05) is 0 Å². The maximum Gasteiger partial charge on any atom is 0.0840 e. The molecule has 1 heterocycles. The van der Waals surface area contributed by atoms with E-state index in [4.69, 9.17) is 6.78 Å². The fourth-order valence-electron chi connectivity index (χ4n) is 0.419. The van der Waals surface area contributed by atoms with Crippen molar-refractivity contribution in [2.45, 2.75) is 13.8 Å². The second-order valence-electron chi connectivity index (χ2n) is 1.34. The Morgan fingerprint density at radius 2 is 2.30 bits per heavy atom. The average Bonchev–Trinajstić information content (AvgIpc) is 2.08. The summed E-state index contributed by atoms with van der Waals surface area (Å²) in [7, 11) is 0. The molecule has 54 valence electrons. The molecule has 0 saturated carbocycles. The summed E-state index contributed by atoms with van der Waals surface area (Å²) in [6.45, 7) is 4.00. The van der Waals surface area contributed by atoms with Crippen LogP contribution in [0.25, 0.3) is 0 Å². The standard InChI is InChI=1S/C6H6N2.C2H6/c7-5-6-3-1-2-4-8-6;1-2/h1-5,7H;1-2H3/i4T;. The summed E-state index contributed by atoms with van der Waals surface area (Å²) in [4.78, 5) is 3.72. The maximum absolute atomic E-state index is 7.02. The van der Waals surface area contributed by atoms with Gasteiger partial charge in [-0.3, -0.25) is 4.98 Å². The molecule has 0 aliphatic carbocycles. The van der Waals surface area contributed by atoms with Crippen molar-refractivity contribution in [1.29, 1.82) is 5.41 Å². The molecule has 0 fully saturated rings. The van der Waals surface area contributed by atoms with Gasteiger partial charge in [-0.15, -0.1) is 0 Å². The molecule has 2 heteroatoms. The third-order valence-electron chi connectivity index (χ3n) is 0.779. The van der Waals surface area contributed by atoms with Crippen molar-refractivity contribution in [2.24, 2.45) is 0 Å². The third-order valence-corrected chi connectivity index (χ3v) is 0.779. The Balaban J connectivity index is 0.000000461. The van der Waals surface area contributed by atoms with Crippen LogP contribution >= 0.6 is 0 Å². The Hall–Kier alpha value is -1.18. The highest BCUT2D eigenvalue weighted by Gasteiger charge is 1.78. The minimum absolute atomic E-state index is 0.205. The Morgan fingerprint density at radius 3 is 2.70 bits per heavy atom. The molecule has 2 nitrogen and oxygen atoms in total. The summed E-state index contributed by atoms with van der Waals surface area (Å²) >= 11 is 0. The van der Waals surface area contributed by atoms with Crippen LogP contribution in [0, 0.1) is 5.41 Å². The van der Waals surface area contributed by atoms with E-state index in [1.54, 1.807) is 18.2 Å². The van der Waals surface area contributed by atoms with E-state index in [0.29, 0.717) is 5.69 Å². The molecule has 0 aromatic carbocycles. The number of hydrogen-bond acceptors (Lipinski definition) is 2. The van der Waals surface area contributed by atoms with E-state index in [-0.39, 0.29) is 6.17 Å². The van der Waals surface area contributed by atoms with Crippen molar-refractivity contribution in [3.05, 3.63) is 30.1 Å². The van der Waals surface area contributed by atoms with Crippen LogP contribution in [-0.2, 0) is 0 Å². The number of nitrogens with one attached hydrogen (secondary N) is 1. The molecular weight excluding hydrogens is 124 g/mol. The van der Waals surface area contributed by atoms with Crippen LogP contribution in [0.15, 0.2) is 24.4 Å². The molecule has 0 unspecified atom stereocenters. The van der Waals surface area contributed by atoms with Crippen LogP contribution in [0.3, 0.4) is 0 Å². The van der Waals surface area contributed by atoms with E-state index in [1.165, 1.54) is 0 Å². The Labute approximate surface area is 62.8 Å². The van der Waals surface area contributed by atoms with Gasteiger partial charge in [0.2, 0.25) is 0 Å². The van der Waals surface area contributed by atoms with Gasteiger partial charge in [-0.2, -0.15) is 0 Å². The molecule has 1 aromatic rings. The zero-order valence-electron chi connectivity index (χ0n) is 7.26. The van der Waals surface area contributed by atoms with Crippen LogP contribution in [-0.4, -0.2) is 11.2 Å². The zero-order chi connectivity index (χ0) is 8.69. The van der Waals surface area contributed by atoms with E-state index in [0.717, 1.165) is 6.21 Å². The number of rotatable bonds is 1. The van der Waals surface area contributed by atoms with Crippen molar-refractivity contribution in [1.82, 2.24) is 4.98 Å². The quantitative estimate of drug-likeness (QED) is 0.593. The summed E-state index contributed by atoms with van der Waals surface area (Å²) in [5, 5.41) is 6.77. The highest BCUT2D eigenvalue weighted by atomic mass is 14.7. The van der Waals surface area contributed by atoms with Gasteiger partial charge in [0, 0.05) is 12.4 Å². The highest BCUT2D eigenvalue weighted by Crippen LogP contribution is 1.85. The first-order valence-electron chi connectivity index (χ1n) is 3.77.